The lowest BCUT2D eigenvalue weighted by molar-refractivity contribution is 0.145. The first-order chi connectivity index (χ1) is 16.1. The van der Waals surface area contributed by atoms with Crippen LogP contribution in [0.1, 0.15) is 6.42 Å². The second kappa shape index (κ2) is 10.6. The number of hydrogen-bond donors (Lipinski definition) is 2. The van der Waals surface area contributed by atoms with Gasteiger partial charge in [-0.15, -0.1) is 0 Å². The first kappa shape index (κ1) is 22.9. The molecule has 4 rings (SSSR count). The van der Waals surface area contributed by atoms with Crippen molar-refractivity contribution >= 4 is 16.6 Å². The van der Waals surface area contributed by atoms with Crippen LogP contribution in [0, 0.1) is 0 Å². The summed E-state index contributed by atoms with van der Waals surface area (Å²) in [5.41, 5.74) is 1.53. The first-order valence-electron chi connectivity index (χ1n) is 11.3. The minimum Gasteiger partial charge on any atom is -0.504 e. The SMILES string of the molecule is CNc1ccc(Oc2ccnc3cc(OCCCN4CCN(C)CC4)c(OC)cc23)c(O)c1. The average molecular weight is 453 g/mol. The zero-order valence-corrected chi connectivity index (χ0v) is 19.5. The van der Waals surface area contributed by atoms with Crippen LogP contribution in [-0.4, -0.2) is 80.4 Å². The number of phenolic OH excluding ortho intramolecular Hbond substituents is 1. The highest BCUT2D eigenvalue weighted by molar-refractivity contribution is 5.88. The average Bonchev–Trinajstić information content (AvgIpc) is 2.83. The number of ether oxygens (including phenoxy) is 3. The van der Waals surface area contributed by atoms with Crippen LogP contribution >= 0.6 is 0 Å². The van der Waals surface area contributed by atoms with Crippen molar-refractivity contribution in [1.82, 2.24) is 14.8 Å². The molecule has 8 heteroatoms. The van der Waals surface area contributed by atoms with Crippen LogP contribution in [0.4, 0.5) is 5.69 Å². The van der Waals surface area contributed by atoms with Gasteiger partial charge in [-0.1, -0.05) is 0 Å². The number of methoxy groups -OCH3 is 1. The summed E-state index contributed by atoms with van der Waals surface area (Å²) < 4.78 is 17.7. The maximum atomic E-state index is 10.3. The molecule has 0 spiro atoms. The Kier molecular flexibility index (Phi) is 7.36. The molecule has 0 amide bonds. The van der Waals surface area contributed by atoms with Crippen LogP contribution < -0.4 is 19.5 Å². The number of likely N-dealkylation sites (N-methyl/N-ethyl adjacent to an activating group) is 1. The van der Waals surface area contributed by atoms with E-state index in [1.54, 1.807) is 38.6 Å². The smallest absolute Gasteiger partial charge is 0.169 e. The summed E-state index contributed by atoms with van der Waals surface area (Å²) in [6.07, 6.45) is 2.63. The maximum absolute atomic E-state index is 10.3. The number of hydrogen-bond acceptors (Lipinski definition) is 8. The quantitative estimate of drug-likeness (QED) is 0.475. The van der Waals surface area contributed by atoms with Crippen molar-refractivity contribution in [2.75, 3.05) is 65.9 Å². The van der Waals surface area contributed by atoms with E-state index in [-0.39, 0.29) is 5.75 Å². The molecule has 1 aromatic heterocycles. The third-order valence-electron chi connectivity index (χ3n) is 5.93. The number of anilines is 1. The van der Waals surface area contributed by atoms with Crippen molar-refractivity contribution < 1.29 is 19.3 Å². The molecule has 176 valence electrons. The fraction of sp³-hybridized carbons (Fsp3) is 0.400. The minimum absolute atomic E-state index is 0.0547. The molecule has 0 saturated carbocycles. The number of rotatable bonds is 9. The van der Waals surface area contributed by atoms with Crippen LogP contribution in [0.5, 0.6) is 28.7 Å². The Hall–Kier alpha value is -3.23. The second-order valence-corrected chi connectivity index (χ2v) is 8.21. The predicted molar refractivity (Wildman–Crippen MR) is 130 cm³/mol. The molecule has 1 aliphatic rings. The number of fused-ring (bicyclic) bond motifs is 1. The minimum atomic E-state index is 0.0547. The Morgan fingerprint density at radius 3 is 2.55 bits per heavy atom. The Morgan fingerprint density at radius 1 is 1.00 bits per heavy atom. The molecule has 8 nitrogen and oxygen atoms in total. The Balaban J connectivity index is 1.46. The lowest BCUT2D eigenvalue weighted by Gasteiger charge is -2.32. The van der Waals surface area contributed by atoms with E-state index in [1.165, 1.54) is 0 Å². The van der Waals surface area contributed by atoms with Gasteiger partial charge in [-0.3, -0.25) is 4.98 Å². The number of pyridine rings is 1. The van der Waals surface area contributed by atoms with Gasteiger partial charge in [0.05, 0.1) is 19.2 Å². The zero-order valence-electron chi connectivity index (χ0n) is 19.5. The molecular weight excluding hydrogens is 420 g/mol. The molecule has 0 bridgehead atoms. The normalized spacial score (nSPS) is 14.9. The third-order valence-corrected chi connectivity index (χ3v) is 5.93. The van der Waals surface area contributed by atoms with Gasteiger partial charge in [0.2, 0.25) is 0 Å². The van der Waals surface area contributed by atoms with Crippen molar-refractivity contribution in [3.05, 3.63) is 42.6 Å². The lowest BCUT2D eigenvalue weighted by Crippen LogP contribution is -2.44. The summed E-state index contributed by atoms with van der Waals surface area (Å²) in [5, 5.41) is 14.1. The van der Waals surface area contributed by atoms with E-state index in [1.807, 2.05) is 18.2 Å². The van der Waals surface area contributed by atoms with Crippen LogP contribution in [0.2, 0.25) is 0 Å². The number of nitrogens with one attached hydrogen (secondary N) is 1. The number of aromatic nitrogens is 1. The van der Waals surface area contributed by atoms with Gasteiger partial charge in [-0.2, -0.15) is 0 Å². The topological polar surface area (TPSA) is 79.3 Å². The van der Waals surface area contributed by atoms with Crippen LogP contribution in [-0.2, 0) is 0 Å². The Bertz CT molecular complexity index is 1080. The first-order valence-corrected chi connectivity index (χ1v) is 11.3. The van der Waals surface area contributed by atoms with E-state index in [0.717, 1.165) is 55.7 Å². The molecule has 0 atom stereocenters. The highest BCUT2D eigenvalue weighted by Gasteiger charge is 2.15. The predicted octanol–water partition coefficient (Wildman–Crippen LogP) is 3.80. The standard InChI is InChI=1S/C25H32N4O4/c1-26-18-5-6-23(21(30)15-18)33-22-7-8-27-20-17-25(24(31-3)16-19(20)22)32-14-4-9-29-12-10-28(2)11-13-29/h5-8,15-17,26,30H,4,9-14H2,1-3H3. The van der Waals surface area contributed by atoms with Crippen LogP contribution in [0.25, 0.3) is 10.9 Å². The van der Waals surface area contributed by atoms with Gasteiger partial charge in [-0.05, 0) is 37.7 Å². The molecule has 2 aromatic carbocycles. The summed E-state index contributed by atoms with van der Waals surface area (Å²) >= 11 is 0. The zero-order chi connectivity index (χ0) is 23.2. The van der Waals surface area contributed by atoms with Gasteiger partial charge in [-0.25, -0.2) is 0 Å². The number of nitrogens with zero attached hydrogens (tertiary/aromatic N) is 3. The Morgan fingerprint density at radius 2 is 1.82 bits per heavy atom. The molecule has 1 saturated heterocycles. The Labute approximate surface area is 194 Å². The largest absolute Gasteiger partial charge is 0.504 e. The van der Waals surface area contributed by atoms with Gasteiger partial charge in [0.15, 0.2) is 23.0 Å². The van der Waals surface area contributed by atoms with Crippen LogP contribution in [0.15, 0.2) is 42.6 Å². The molecule has 2 heterocycles. The van der Waals surface area contributed by atoms with Gasteiger partial charge >= 0.3 is 0 Å². The van der Waals surface area contributed by atoms with Crippen molar-refractivity contribution in [3.63, 3.8) is 0 Å². The summed E-state index contributed by atoms with van der Waals surface area (Å²) in [6.45, 7) is 6.08. The highest BCUT2D eigenvalue weighted by Crippen LogP contribution is 2.39. The van der Waals surface area contributed by atoms with Crippen molar-refractivity contribution in [2.45, 2.75) is 6.42 Å². The van der Waals surface area contributed by atoms with E-state index < -0.39 is 0 Å². The van der Waals surface area contributed by atoms with Crippen molar-refractivity contribution in [2.24, 2.45) is 0 Å². The van der Waals surface area contributed by atoms with E-state index >= 15 is 0 Å². The summed E-state index contributed by atoms with van der Waals surface area (Å²) in [5.74, 6) is 2.28. The van der Waals surface area contributed by atoms with Gasteiger partial charge < -0.3 is 34.4 Å². The van der Waals surface area contributed by atoms with Gasteiger partial charge in [0.25, 0.3) is 0 Å². The van der Waals surface area contributed by atoms with Crippen molar-refractivity contribution in [3.8, 4) is 28.7 Å². The molecule has 1 fully saturated rings. The lowest BCUT2D eigenvalue weighted by atomic mass is 10.1. The fourth-order valence-electron chi connectivity index (χ4n) is 3.91. The molecular formula is C25H32N4O4. The van der Waals surface area contributed by atoms with E-state index in [0.29, 0.717) is 29.6 Å². The number of phenols is 1. The van der Waals surface area contributed by atoms with Gasteiger partial charge in [0, 0.05) is 69.2 Å². The molecule has 0 aliphatic carbocycles. The molecule has 3 aromatic rings. The summed E-state index contributed by atoms with van der Waals surface area (Å²) in [4.78, 5) is 9.31. The molecule has 1 aliphatic heterocycles. The fourth-order valence-corrected chi connectivity index (χ4v) is 3.91. The van der Waals surface area contributed by atoms with Crippen molar-refractivity contribution in [1.29, 1.82) is 0 Å². The second-order valence-electron chi connectivity index (χ2n) is 8.21. The molecule has 2 N–H and O–H groups in total. The maximum Gasteiger partial charge on any atom is 0.169 e. The number of aromatic hydroxyl groups is 1. The van der Waals surface area contributed by atoms with E-state index in [4.69, 9.17) is 14.2 Å². The number of piperazine rings is 1. The van der Waals surface area contributed by atoms with Gasteiger partial charge in [0.1, 0.15) is 5.75 Å². The van der Waals surface area contributed by atoms with E-state index in [2.05, 4.69) is 27.1 Å². The third kappa shape index (κ3) is 5.58. The summed E-state index contributed by atoms with van der Waals surface area (Å²) in [6, 6.07) is 10.7. The van der Waals surface area contributed by atoms with Crippen LogP contribution in [0.3, 0.4) is 0 Å². The molecule has 33 heavy (non-hydrogen) atoms. The molecule has 0 unspecified atom stereocenters. The summed E-state index contributed by atoms with van der Waals surface area (Å²) in [7, 11) is 5.58. The van der Waals surface area contributed by atoms with E-state index in [9.17, 15) is 5.11 Å². The molecule has 0 radical (unpaired) electrons. The number of benzene rings is 2. The highest BCUT2D eigenvalue weighted by atomic mass is 16.5. The monoisotopic (exact) mass is 452 g/mol.